The Kier molecular flexibility index (Phi) is 4.61. The lowest BCUT2D eigenvalue weighted by Crippen LogP contribution is -2.31. The molecule has 2 rings (SSSR count). The first kappa shape index (κ1) is 12.6. The summed E-state index contributed by atoms with van der Waals surface area (Å²) in [4.78, 5) is 0. The van der Waals surface area contributed by atoms with Crippen LogP contribution in [0.4, 0.5) is 0 Å². The van der Waals surface area contributed by atoms with E-state index in [-0.39, 0.29) is 0 Å². The van der Waals surface area contributed by atoms with Crippen LogP contribution in [-0.2, 0) is 12.8 Å². The molecule has 0 aliphatic heterocycles. The highest BCUT2D eigenvalue weighted by atomic mass is 14.9. The zero-order valence-electron chi connectivity index (χ0n) is 11.2. The van der Waals surface area contributed by atoms with Crippen molar-refractivity contribution < 1.29 is 0 Å². The summed E-state index contributed by atoms with van der Waals surface area (Å²) in [6.07, 6.45) is 7.93. The van der Waals surface area contributed by atoms with Crippen molar-refractivity contribution in [2.24, 2.45) is 5.92 Å². The number of nitrogens with one attached hydrogen (secondary N) is 1. The van der Waals surface area contributed by atoms with Gasteiger partial charge in [0.1, 0.15) is 0 Å². The fraction of sp³-hybridized carbons (Fsp3) is 0.625. The molecule has 94 valence electrons. The average Bonchev–Trinajstić information content (AvgIpc) is 2.40. The Morgan fingerprint density at radius 3 is 2.47 bits per heavy atom. The first-order chi connectivity index (χ1) is 8.31. The van der Waals surface area contributed by atoms with Crippen LogP contribution in [0.1, 0.15) is 43.7 Å². The molecule has 1 aliphatic rings. The van der Waals surface area contributed by atoms with Gasteiger partial charge in [0.15, 0.2) is 0 Å². The van der Waals surface area contributed by atoms with E-state index < -0.39 is 0 Å². The number of rotatable bonds is 4. The zero-order valence-corrected chi connectivity index (χ0v) is 11.2. The second kappa shape index (κ2) is 6.20. The number of hydrogen-bond donors (Lipinski definition) is 1. The summed E-state index contributed by atoms with van der Waals surface area (Å²) in [6, 6.07) is 9.97. The highest BCUT2D eigenvalue weighted by Gasteiger charge is 2.20. The molecule has 0 spiro atoms. The molecular formula is C16H25N. The Bertz CT molecular complexity index is 328. The summed E-state index contributed by atoms with van der Waals surface area (Å²) < 4.78 is 0. The predicted molar refractivity (Wildman–Crippen MR) is 74.3 cm³/mol. The fourth-order valence-corrected chi connectivity index (χ4v) is 2.98. The van der Waals surface area contributed by atoms with Crippen LogP contribution in [0.2, 0.25) is 0 Å². The van der Waals surface area contributed by atoms with Crippen LogP contribution in [0.5, 0.6) is 0 Å². The number of aryl methyl sites for hydroxylation is 1. The third-order valence-corrected chi connectivity index (χ3v) is 4.15. The van der Waals surface area contributed by atoms with Gasteiger partial charge in [0.2, 0.25) is 0 Å². The molecule has 1 heteroatoms. The lowest BCUT2D eigenvalue weighted by Gasteiger charge is -2.29. The SMILES string of the molecule is CCc1ccc(CC2CCCC(NC)C2)cc1. The van der Waals surface area contributed by atoms with Crippen molar-refractivity contribution in [2.45, 2.75) is 51.5 Å². The molecule has 1 saturated carbocycles. The quantitative estimate of drug-likeness (QED) is 0.835. The monoisotopic (exact) mass is 231 g/mol. The van der Waals surface area contributed by atoms with Gasteiger partial charge in [0, 0.05) is 6.04 Å². The first-order valence-electron chi connectivity index (χ1n) is 7.07. The van der Waals surface area contributed by atoms with Crippen LogP contribution in [0.15, 0.2) is 24.3 Å². The smallest absolute Gasteiger partial charge is 0.00668 e. The standard InChI is InChI=1S/C16H25N/c1-3-13-7-9-14(10-8-13)11-15-5-4-6-16(12-15)17-2/h7-10,15-17H,3-6,11-12H2,1-2H3. The Morgan fingerprint density at radius 1 is 1.12 bits per heavy atom. The molecule has 2 unspecified atom stereocenters. The molecule has 0 bridgehead atoms. The third kappa shape index (κ3) is 3.57. The molecule has 1 aromatic carbocycles. The van der Waals surface area contributed by atoms with E-state index in [1.54, 1.807) is 0 Å². The Hall–Kier alpha value is -0.820. The van der Waals surface area contributed by atoms with Gasteiger partial charge in [-0.3, -0.25) is 0 Å². The van der Waals surface area contributed by atoms with Crippen molar-refractivity contribution in [3.63, 3.8) is 0 Å². The van der Waals surface area contributed by atoms with Crippen molar-refractivity contribution in [1.82, 2.24) is 5.32 Å². The molecule has 2 atom stereocenters. The minimum atomic E-state index is 0.753. The Labute approximate surface area is 106 Å². The van der Waals surface area contributed by atoms with Crippen molar-refractivity contribution >= 4 is 0 Å². The molecule has 0 amide bonds. The molecule has 17 heavy (non-hydrogen) atoms. The first-order valence-corrected chi connectivity index (χ1v) is 7.07. The van der Waals surface area contributed by atoms with Crippen molar-refractivity contribution in [3.05, 3.63) is 35.4 Å². The molecular weight excluding hydrogens is 206 g/mol. The molecule has 1 N–H and O–H groups in total. The summed E-state index contributed by atoms with van der Waals surface area (Å²) in [7, 11) is 2.10. The van der Waals surface area contributed by atoms with E-state index in [0.717, 1.165) is 18.4 Å². The van der Waals surface area contributed by atoms with Crippen LogP contribution in [0, 0.1) is 5.92 Å². The number of benzene rings is 1. The lowest BCUT2D eigenvalue weighted by atomic mass is 9.82. The number of hydrogen-bond acceptors (Lipinski definition) is 1. The van der Waals surface area contributed by atoms with Gasteiger partial charge in [-0.2, -0.15) is 0 Å². The van der Waals surface area contributed by atoms with Crippen LogP contribution in [0.25, 0.3) is 0 Å². The van der Waals surface area contributed by atoms with Gasteiger partial charge in [-0.25, -0.2) is 0 Å². The molecule has 0 heterocycles. The maximum absolute atomic E-state index is 3.44. The van der Waals surface area contributed by atoms with E-state index in [9.17, 15) is 0 Å². The summed E-state index contributed by atoms with van der Waals surface area (Å²) in [6.45, 7) is 2.22. The van der Waals surface area contributed by atoms with Crippen LogP contribution in [0.3, 0.4) is 0 Å². The maximum Gasteiger partial charge on any atom is 0.00668 e. The summed E-state index contributed by atoms with van der Waals surface area (Å²) in [5.41, 5.74) is 2.97. The molecule has 1 nitrogen and oxygen atoms in total. The van der Waals surface area contributed by atoms with Crippen LogP contribution in [-0.4, -0.2) is 13.1 Å². The van der Waals surface area contributed by atoms with Gasteiger partial charge < -0.3 is 5.32 Å². The topological polar surface area (TPSA) is 12.0 Å². The lowest BCUT2D eigenvalue weighted by molar-refractivity contribution is 0.294. The van der Waals surface area contributed by atoms with Crippen molar-refractivity contribution in [2.75, 3.05) is 7.05 Å². The van der Waals surface area contributed by atoms with E-state index >= 15 is 0 Å². The van der Waals surface area contributed by atoms with Gasteiger partial charge in [-0.05, 0) is 49.8 Å². The molecule has 1 aromatic rings. The molecule has 1 fully saturated rings. The average molecular weight is 231 g/mol. The van der Waals surface area contributed by atoms with Crippen molar-refractivity contribution in [3.8, 4) is 0 Å². The highest BCUT2D eigenvalue weighted by Crippen LogP contribution is 2.27. The summed E-state index contributed by atoms with van der Waals surface area (Å²) >= 11 is 0. The van der Waals surface area contributed by atoms with Crippen LogP contribution >= 0.6 is 0 Å². The van der Waals surface area contributed by atoms with Gasteiger partial charge >= 0.3 is 0 Å². The summed E-state index contributed by atoms with van der Waals surface area (Å²) in [5.74, 6) is 0.883. The Morgan fingerprint density at radius 2 is 1.82 bits per heavy atom. The molecule has 0 radical (unpaired) electrons. The van der Waals surface area contributed by atoms with Crippen molar-refractivity contribution in [1.29, 1.82) is 0 Å². The van der Waals surface area contributed by atoms with Gasteiger partial charge in [-0.1, -0.05) is 44.0 Å². The minimum Gasteiger partial charge on any atom is -0.317 e. The van der Waals surface area contributed by atoms with E-state index in [2.05, 4.69) is 43.6 Å². The van der Waals surface area contributed by atoms with E-state index in [1.807, 2.05) is 0 Å². The van der Waals surface area contributed by atoms with Gasteiger partial charge in [0.05, 0.1) is 0 Å². The molecule has 0 saturated heterocycles. The predicted octanol–water partition coefficient (Wildman–Crippen LogP) is 3.57. The maximum atomic E-state index is 3.44. The van der Waals surface area contributed by atoms with Gasteiger partial charge in [0.25, 0.3) is 0 Å². The second-order valence-electron chi connectivity index (χ2n) is 5.39. The fourth-order valence-electron chi connectivity index (χ4n) is 2.98. The van der Waals surface area contributed by atoms with Crippen LogP contribution < -0.4 is 5.32 Å². The van der Waals surface area contributed by atoms with E-state index in [0.29, 0.717) is 0 Å². The zero-order chi connectivity index (χ0) is 12.1. The molecule has 0 aromatic heterocycles. The molecule has 1 aliphatic carbocycles. The normalized spacial score (nSPS) is 24.8. The van der Waals surface area contributed by atoms with Gasteiger partial charge in [-0.15, -0.1) is 0 Å². The van der Waals surface area contributed by atoms with E-state index in [1.165, 1.54) is 43.2 Å². The van der Waals surface area contributed by atoms with E-state index in [4.69, 9.17) is 0 Å². The minimum absolute atomic E-state index is 0.753. The summed E-state index contributed by atoms with van der Waals surface area (Å²) in [5, 5.41) is 3.44. The largest absolute Gasteiger partial charge is 0.317 e. The highest BCUT2D eigenvalue weighted by molar-refractivity contribution is 5.22. The Balaban J connectivity index is 1.90. The second-order valence-corrected chi connectivity index (χ2v) is 5.39. The third-order valence-electron chi connectivity index (χ3n) is 4.15.